The third kappa shape index (κ3) is 6.53. The Bertz CT molecular complexity index is 1000. The average Bonchev–Trinajstić information content (AvgIpc) is 2.67. The van der Waals surface area contributed by atoms with Gasteiger partial charge in [0.05, 0.1) is 5.75 Å². The van der Waals surface area contributed by atoms with Crippen LogP contribution in [0.2, 0.25) is 10.0 Å². The minimum atomic E-state index is -0.162. The molecule has 7 heteroatoms. The van der Waals surface area contributed by atoms with E-state index in [2.05, 4.69) is 10.6 Å². The number of thioether (sulfide) groups is 1. The SMILES string of the molecule is Cc1ccc(C(=O)Nc2ccc(SCC(=O)Nc3cc(Cl)cc(Cl)c3)cc2)cc1. The second kappa shape index (κ2) is 9.83. The van der Waals surface area contributed by atoms with Gasteiger partial charge in [0, 0.05) is 31.9 Å². The fraction of sp³-hybridized carbons (Fsp3) is 0.0909. The van der Waals surface area contributed by atoms with E-state index in [0.717, 1.165) is 10.5 Å². The van der Waals surface area contributed by atoms with Crippen LogP contribution in [0.15, 0.2) is 71.6 Å². The smallest absolute Gasteiger partial charge is 0.255 e. The number of halogens is 2. The van der Waals surface area contributed by atoms with Gasteiger partial charge in [-0.15, -0.1) is 11.8 Å². The highest BCUT2D eigenvalue weighted by molar-refractivity contribution is 8.00. The van der Waals surface area contributed by atoms with Crippen LogP contribution in [0, 0.1) is 6.92 Å². The summed E-state index contributed by atoms with van der Waals surface area (Å²) >= 11 is 13.3. The lowest BCUT2D eigenvalue weighted by molar-refractivity contribution is -0.113. The predicted octanol–water partition coefficient (Wildman–Crippen LogP) is 6.28. The van der Waals surface area contributed by atoms with Crippen molar-refractivity contribution in [3.05, 3.63) is 87.9 Å². The molecule has 0 fully saturated rings. The van der Waals surface area contributed by atoms with Crippen LogP contribution < -0.4 is 10.6 Å². The Morgan fingerprint density at radius 2 is 1.45 bits per heavy atom. The predicted molar refractivity (Wildman–Crippen MR) is 121 cm³/mol. The van der Waals surface area contributed by atoms with Crippen LogP contribution >= 0.6 is 35.0 Å². The van der Waals surface area contributed by atoms with Crippen molar-refractivity contribution in [1.29, 1.82) is 0 Å². The summed E-state index contributed by atoms with van der Waals surface area (Å²) in [6, 6.07) is 19.6. The van der Waals surface area contributed by atoms with E-state index in [1.165, 1.54) is 11.8 Å². The number of hydrogen-bond acceptors (Lipinski definition) is 3. The number of benzene rings is 3. The lowest BCUT2D eigenvalue weighted by Crippen LogP contribution is -2.14. The third-order valence-electron chi connectivity index (χ3n) is 3.94. The van der Waals surface area contributed by atoms with Crippen molar-refractivity contribution in [3.63, 3.8) is 0 Å². The van der Waals surface area contributed by atoms with Crippen LogP contribution in [-0.2, 0) is 4.79 Å². The largest absolute Gasteiger partial charge is 0.325 e. The van der Waals surface area contributed by atoms with Gasteiger partial charge in [-0.1, -0.05) is 40.9 Å². The second-order valence-electron chi connectivity index (χ2n) is 6.34. The first-order chi connectivity index (χ1) is 13.9. The monoisotopic (exact) mass is 444 g/mol. The quantitative estimate of drug-likeness (QED) is 0.439. The fourth-order valence-corrected chi connectivity index (χ4v) is 3.74. The number of amides is 2. The number of carbonyl (C=O) groups is 2. The molecular weight excluding hydrogens is 427 g/mol. The molecule has 0 radical (unpaired) electrons. The standard InChI is InChI=1S/C22H18Cl2N2O2S/c1-14-2-4-15(5-3-14)22(28)26-18-6-8-20(9-7-18)29-13-21(27)25-19-11-16(23)10-17(24)12-19/h2-12H,13H2,1H3,(H,25,27)(H,26,28). The van der Waals surface area contributed by atoms with Gasteiger partial charge in [-0.05, 0) is 61.5 Å². The van der Waals surface area contributed by atoms with Crippen LogP contribution in [0.25, 0.3) is 0 Å². The van der Waals surface area contributed by atoms with E-state index in [1.54, 1.807) is 30.3 Å². The topological polar surface area (TPSA) is 58.2 Å². The molecule has 0 spiro atoms. The zero-order valence-corrected chi connectivity index (χ0v) is 17.9. The molecule has 148 valence electrons. The van der Waals surface area contributed by atoms with Gasteiger partial charge in [-0.25, -0.2) is 0 Å². The summed E-state index contributed by atoms with van der Waals surface area (Å²) in [5.41, 5.74) is 2.96. The first-order valence-corrected chi connectivity index (χ1v) is 10.5. The lowest BCUT2D eigenvalue weighted by atomic mass is 10.1. The second-order valence-corrected chi connectivity index (χ2v) is 8.26. The van der Waals surface area contributed by atoms with Crippen LogP contribution in [0.1, 0.15) is 15.9 Å². The maximum Gasteiger partial charge on any atom is 0.255 e. The Morgan fingerprint density at radius 3 is 2.07 bits per heavy atom. The molecule has 0 heterocycles. The van der Waals surface area contributed by atoms with Crippen molar-refractivity contribution < 1.29 is 9.59 Å². The zero-order chi connectivity index (χ0) is 20.8. The molecule has 0 saturated carbocycles. The van der Waals surface area contributed by atoms with Crippen molar-refractivity contribution in [1.82, 2.24) is 0 Å². The normalized spacial score (nSPS) is 10.4. The minimum Gasteiger partial charge on any atom is -0.325 e. The molecule has 4 nitrogen and oxygen atoms in total. The molecule has 3 aromatic rings. The van der Waals surface area contributed by atoms with Gasteiger partial charge in [0.1, 0.15) is 0 Å². The van der Waals surface area contributed by atoms with Gasteiger partial charge in [-0.2, -0.15) is 0 Å². The molecule has 0 aliphatic rings. The van der Waals surface area contributed by atoms with Crippen molar-refractivity contribution in [2.45, 2.75) is 11.8 Å². The van der Waals surface area contributed by atoms with E-state index < -0.39 is 0 Å². The molecule has 3 aromatic carbocycles. The molecule has 0 saturated heterocycles. The van der Waals surface area contributed by atoms with Gasteiger partial charge >= 0.3 is 0 Å². The maximum absolute atomic E-state index is 12.3. The molecule has 0 aromatic heterocycles. The first-order valence-electron chi connectivity index (χ1n) is 8.76. The van der Waals surface area contributed by atoms with Gasteiger partial charge < -0.3 is 10.6 Å². The molecule has 2 amide bonds. The summed E-state index contributed by atoms with van der Waals surface area (Å²) in [4.78, 5) is 25.3. The van der Waals surface area contributed by atoms with Crippen molar-refractivity contribution in [3.8, 4) is 0 Å². The number of nitrogens with one attached hydrogen (secondary N) is 2. The number of aryl methyl sites for hydroxylation is 1. The summed E-state index contributed by atoms with van der Waals surface area (Å²) in [6.07, 6.45) is 0. The number of hydrogen-bond donors (Lipinski definition) is 2. The number of rotatable bonds is 6. The van der Waals surface area contributed by atoms with Gasteiger partial charge in [-0.3, -0.25) is 9.59 Å². The van der Waals surface area contributed by atoms with E-state index in [9.17, 15) is 9.59 Å². The molecule has 3 rings (SSSR count). The Morgan fingerprint density at radius 1 is 0.828 bits per heavy atom. The zero-order valence-electron chi connectivity index (χ0n) is 15.5. The number of anilines is 2. The van der Waals surface area contributed by atoms with Crippen LogP contribution in [0.4, 0.5) is 11.4 Å². The van der Waals surface area contributed by atoms with Gasteiger partial charge in [0.25, 0.3) is 5.91 Å². The summed E-state index contributed by atoms with van der Waals surface area (Å²) < 4.78 is 0. The van der Waals surface area contributed by atoms with Crippen LogP contribution in [0.5, 0.6) is 0 Å². The maximum atomic E-state index is 12.3. The first kappa shape index (κ1) is 21.2. The third-order valence-corrected chi connectivity index (χ3v) is 5.39. The Hall–Kier alpha value is -2.47. The van der Waals surface area contributed by atoms with Crippen molar-refractivity contribution in [2.24, 2.45) is 0 Å². The highest BCUT2D eigenvalue weighted by Crippen LogP contribution is 2.24. The molecular formula is C22H18Cl2N2O2S. The van der Waals surface area contributed by atoms with Gasteiger partial charge in [0.2, 0.25) is 5.91 Å². The molecule has 2 N–H and O–H groups in total. The van der Waals surface area contributed by atoms with Crippen molar-refractivity contribution in [2.75, 3.05) is 16.4 Å². The van der Waals surface area contributed by atoms with Crippen LogP contribution in [-0.4, -0.2) is 17.6 Å². The highest BCUT2D eigenvalue weighted by Gasteiger charge is 2.08. The summed E-state index contributed by atoms with van der Waals surface area (Å²) in [7, 11) is 0. The minimum absolute atomic E-state index is 0.162. The number of carbonyl (C=O) groups excluding carboxylic acids is 2. The molecule has 0 atom stereocenters. The van der Waals surface area contributed by atoms with Gasteiger partial charge in [0.15, 0.2) is 0 Å². The van der Waals surface area contributed by atoms with E-state index in [4.69, 9.17) is 23.2 Å². The van der Waals surface area contributed by atoms with Crippen molar-refractivity contribution >= 4 is 58.2 Å². The Labute approximate surface area is 183 Å². The fourth-order valence-electron chi connectivity index (χ4n) is 2.51. The van der Waals surface area contributed by atoms with E-state index in [0.29, 0.717) is 27.0 Å². The highest BCUT2D eigenvalue weighted by atomic mass is 35.5. The molecule has 0 aliphatic carbocycles. The van der Waals surface area contributed by atoms with E-state index in [-0.39, 0.29) is 17.6 Å². The average molecular weight is 445 g/mol. The Balaban J connectivity index is 1.51. The summed E-state index contributed by atoms with van der Waals surface area (Å²) in [5.74, 6) is -0.0887. The Kier molecular flexibility index (Phi) is 7.20. The van der Waals surface area contributed by atoms with E-state index >= 15 is 0 Å². The van der Waals surface area contributed by atoms with Crippen LogP contribution in [0.3, 0.4) is 0 Å². The molecule has 0 aliphatic heterocycles. The van der Waals surface area contributed by atoms with E-state index in [1.807, 2.05) is 43.3 Å². The summed E-state index contributed by atoms with van der Waals surface area (Å²) in [5, 5.41) is 6.55. The summed E-state index contributed by atoms with van der Waals surface area (Å²) in [6.45, 7) is 1.97. The molecule has 0 unspecified atom stereocenters. The lowest BCUT2D eigenvalue weighted by Gasteiger charge is -2.08. The molecule has 0 bridgehead atoms. The molecule has 29 heavy (non-hydrogen) atoms.